The average molecular weight is 376 g/mol. The van der Waals surface area contributed by atoms with Crippen molar-refractivity contribution in [1.82, 2.24) is 5.32 Å². The molecule has 0 saturated carbocycles. The van der Waals surface area contributed by atoms with E-state index in [0.717, 1.165) is 5.56 Å². The SMILES string of the molecule is COc1cc(/C=C/C(=O)OCC(=O)NCc2ccccc2Cl)ccc1O. The third kappa shape index (κ3) is 5.82. The molecule has 1 amide bonds. The van der Waals surface area contributed by atoms with Gasteiger partial charge in [0.05, 0.1) is 7.11 Å². The van der Waals surface area contributed by atoms with Crippen LogP contribution in [0.3, 0.4) is 0 Å². The van der Waals surface area contributed by atoms with Crippen LogP contribution in [0.1, 0.15) is 11.1 Å². The lowest BCUT2D eigenvalue weighted by Crippen LogP contribution is -2.28. The summed E-state index contributed by atoms with van der Waals surface area (Å²) in [5.74, 6) is -0.801. The van der Waals surface area contributed by atoms with Gasteiger partial charge in [0.1, 0.15) is 0 Å². The number of phenolic OH excluding ortho intramolecular Hbond substituents is 1. The molecule has 0 heterocycles. The number of ether oxygens (including phenoxy) is 2. The first-order chi connectivity index (χ1) is 12.5. The largest absolute Gasteiger partial charge is 0.504 e. The van der Waals surface area contributed by atoms with Crippen molar-refractivity contribution in [3.05, 3.63) is 64.7 Å². The fourth-order valence-electron chi connectivity index (χ4n) is 2.03. The van der Waals surface area contributed by atoms with E-state index in [1.807, 2.05) is 6.07 Å². The molecule has 2 aromatic rings. The number of hydrogen-bond acceptors (Lipinski definition) is 5. The second-order valence-electron chi connectivity index (χ2n) is 5.24. The molecular formula is C19H18ClNO5. The fraction of sp³-hybridized carbons (Fsp3) is 0.158. The van der Waals surface area contributed by atoms with Gasteiger partial charge >= 0.3 is 5.97 Å². The Morgan fingerprint density at radius 1 is 1.23 bits per heavy atom. The Bertz CT molecular complexity index is 819. The quantitative estimate of drug-likeness (QED) is 0.574. The average Bonchev–Trinajstić information content (AvgIpc) is 2.65. The Balaban J connectivity index is 1.79. The van der Waals surface area contributed by atoms with Gasteiger partial charge in [-0.1, -0.05) is 35.9 Å². The molecule has 6 nitrogen and oxygen atoms in total. The molecule has 0 atom stereocenters. The van der Waals surface area contributed by atoms with Crippen molar-refractivity contribution in [3.8, 4) is 11.5 Å². The molecule has 0 aliphatic carbocycles. The van der Waals surface area contributed by atoms with Crippen molar-refractivity contribution in [1.29, 1.82) is 0 Å². The van der Waals surface area contributed by atoms with Crippen molar-refractivity contribution in [3.63, 3.8) is 0 Å². The molecule has 0 unspecified atom stereocenters. The molecule has 2 N–H and O–H groups in total. The maximum atomic E-state index is 11.7. The molecule has 2 rings (SSSR count). The van der Waals surface area contributed by atoms with Crippen molar-refractivity contribution in [2.75, 3.05) is 13.7 Å². The van der Waals surface area contributed by atoms with E-state index >= 15 is 0 Å². The van der Waals surface area contributed by atoms with Gasteiger partial charge in [0, 0.05) is 17.6 Å². The van der Waals surface area contributed by atoms with E-state index in [0.29, 0.717) is 16.3 Å². The molecule has 0 aliphatic rings. The topological polar surface area (TPSA) is 84.9 Å². The first kappa shape index (κ1) is 19.3. The summed E-state index contributed by atoms with van der Waals surface area (Å²) in [6.07, 6.45) is 2.68. The Kier molecular flexibility index (Phi) is 7.05. The fourth-order valence-corrected chi connectivity index (χ4v) is 2.24. The Morgan fingerprint density at radius 2 is 2.00 bits per heavy atom. The van der Waals surface area contributed by atoms with E-state index in [4.69, 9.17) is 21.1 Å². The van der Waals surface area contributed by atoms with Gasteiger partial charge in [-0.3, -0.25) is 4.79 Å². The number of rotatable bonds is 7. The van der Waals surface area contributed by atoms with Crippen LogP contribution in [-0.2, 0) is 20.9 Å². The number of nitrogens with one attached hydrogen (secondary N) is 1. The van der Waals surface area contributed by atoms with Crippen LogP contribution in [0.2, 0.25) is 5.02 Å². The Hall–Kier alpha value is -2.99. The van der Waals surface area contributed by atoms with E-state index in [2.05, 4.69) is 5.32 Å². The van der Waals surface area contributed by atoms with Crippen LogP contribution in [0.5, 0.6) is 11.5 Å². The molecule has 0 fully saturated rings. The van der Waals surface area contributed by atoms with Crippen LogP contribution in [0.4, 0.5) is 0 Å². The number of carbonyl (C=O) groups is 2. The Morgan fingerprint density at radius 3 is 2.73 bits per heavy atom. The van der Waals surface area contributed by atoms with Gasteiger partial charge in [-0.2, -0.15) is 0 Å². The molecule has 0 radical (unpaired) electrons. The summed E-state index contributed by atoms with van der Waals surface area (Å²) in [6.45, 7) is -0.147. The van der Waals surface area contributed by atoms with Crippen molar-refractivity contribution in [2.24, 2.45) is 0 Å². The minimum atomic E-state index is -0.662. The van der Waals surface area contributed by atoms with Crippen LogP contribution in [0, 0.1) is 0 Å². The molecule has 0 spiro atoms. The molecule has 26 heavy (non-hydrogen) atoms. The number of methoxy groups -OCH3 is 1. The van der Waals surface area contributed by atoms with E-state index in [1.165, 1.54) is 25.3 Å². The first-order valence-electron chi connectivity index (χ1n) is 7.71. The summed E-state index contributed by atoms with van der Waals surface area (Å²) < 4.78 is 9.85. The molecule has 0 bridgehead atoms. The summed E-state index contributed by atoms with van der Waals surface area (Å²) in [6, 6.07) is 11.8. The third-order valence-electron chi connectivity index (χ3n) is 3.40. The van der Waals surface area contributed by atoms with Crippen LogP contribution in [0.25, 0.3) is 6.08 Å². The number of esters is 1. The monoisotopic (exact) mass is 375 g/mol. The lowest BCUT2D eigenvalue weighted by Gasteiger charge is -2.07. The zero-order valence-electron chi connectivity index (χ0n) is 14.1. The van der Waals surface area contributed by atoms with Crippen molar-refractivity contribution in [2.45, 2.75) is 6.54 Å². The summed E-state index contributed by atoms with van der Waals surface area (Å²) in [4.78, 5) is 23.4. The highest BCUT2D eigenvalue weighted by Crippen LogP contribution is 2.26. The number of aromatic hydroxyl groups is 1. The number of carbonyl (C=O) groups excluding carboxylic acids is 2. The first-order valence-corrected chi connectivity index (χ1v) is 8.09. The van der Waals surface area contributed by atoms with Gasteiger partial charge in [0.15, 0.2) is 18.1 Å². The predicted octanol–water partition coefficient (Wildman–Crippen LogP) is 2.93. The van der Waals surface area contributed by atoms with E-state index in [1.54, 1.807) is 30.3 Å². The van der Waals surface area contributed by atoms with Crippen molar-refractivity contribution >= 4 is 29.6 Å². The molecular weight excluding hydrogens is 358 g/mol. The lowest BCUT2D eigenvalue weighted by atomic mass is 10.2. The lowest BCUT2D eigenvalue weighted by molar-refractivity contribution is -0.143. The number of benzene rings is 2. The van der Waals surface area contributed by atoms with Gasteiger partial charge in [-0.15, -0.1) is 0 Å². The maximum Gasteiger partial charge on any atom is 0.331 e. The predicted molar refractivity (Wildman–Crippen MR) is 98.0 cm³/mol. The van der Waals surface area contributed by atoms with Crippen LogP contribution < -0.4 is 10.1 Å². The smallest absolute Gasteiger partial charge is 0.331 e. The van der Waals surface area contributed by atoms with E-state index in [9.17, 15) is 14.7 Å². The van der Waals surface area contributed by atoms with E-state index < -0.39 is 18.5 Å². The zero-order chi connectivity index (χ0) is 18.9. The minimum absolute atomic E-state index is 0.00224. The van der Waals surface area contributed by atoms with Gasteiger partial charge in [-0.05, 0) is 35.4 Å². The highest BCUT2D eigenvalue weighted by atomic mass is 35.5. The zero-order valence-corrected chi connectivity index (χ0v) is 14.8. The second kappa shape index (κ2) is 9.48. The molecule has 2 aromatic carbocycles. The summed E-state index contributed by atoms with van der Waals surface area (Å²) >= 11 is 6.00. The van der Waals surface area contributed by atoms with Gasteiger partial charge in [0.25, 0.3) is 5.91 Å². The van der Waals surface area contributed by atoms with Crippen LogP contribution in [0.15, 0.2) is 48.5 Å². The van der Waals surface area contributed by atoms with Gasteiger partial charge in [-0.25, -0.2) is 4.79 Å². The minimum Gasteiger partial charge on any atom is -0.504 e. The van der Waals surface area contributed by atoms with Gasteiger partial charge in [0.2, 0.25) is 0 Å². The maximum absolute atomic E-state index is 11.7. The second-order valence-corrected chi connectivity index (χ2v) is 5.65. The molecule has 0 aromatic heterocycles. The number of amides is 1. The van der Waals surface area contributed by atoms with E-state index in [-0.39, 0.29) is 12.3 Å². The molecule has 0 aliphatic heterocycles. The number of phenols is 1. The molecule has 0 saturated heterocycles. The number of hydrogen-bond donors (Lipinski definition) is 2. The van der Waals surface area contributed by atoms with Crippen LogP contribution >= 0.6 is 11.6 Å². The summed E-state index contributed by atoms with van der Waals surface area (Å²) in [5, 5.41) is 12.7. The molecule has 7 heteroatoms. The standard InChI is InChI=1S/C19H18ClNO5/c1-25-17-10-13(6-8-16(17)22)7-9-19(24)26-12-18(23)21-11-14-4-2-3-5-15(14)20/h2-10,22H,11-12H2,1H3,(H,21,23)/b9-7+. The van der Waals surface area contributed by atoms with Crippen molar-refractivity contribution < 1.29 is 24.2 Å². The normalized spacial score (nSPS) is 10.5. The summed E-state index contributed by atoms with van der Waals surface area (Å²) in [5.41, 5.74) is 1.41. The third-order valence-corrected chi connectivity index (χ3v) is 3.76. The molecule has 136 valence electrons. The van der Waals surface area contributed by atoms with Gasteiger partial charge < -0.3 is 19.9 Å². The summed E-state index contributed by atoms with van der Waals surface area (Å²) in [7, 11) is 1.43. The van der Waals surface area contributed by atoms with Crippen LogP contribution in [-0.4, -0.2) is 30.7 Å². The number of halogens is 1. The highest BCUT2D eigenvalue weighted by molar-refractivity contribution is 6.31. The Labute approximate surface area is 156 Å². The highest BCUT2D eigenvalue weighted by Gasteiger charge is 2.07.